The van der Waals surface area contributed by atoms with Crippen LogP contribution in [0.1, 0.15) is 12.8 Å². The zero-order valence-corrected chi connectivity index (χ0v) is 11.2. The number of rotatable bonds is 3. The van der Waals surface area contributed by atoms with E-state index in [4.69, 9.17) is 4.74 Å². The van der Waals surface area contributed by atoms with Gasteiger partial charge in [0, 0.05) is 25.5 Å². The largest absolute Gasteiger partial charge is 0.381 e. The number of nitrogens with zero attached hydrogens (tertiary/aromatic N) is 2. The van der Waals surface area contributed by atoms with Gasteiger partial charge in [0.1, 0.15) is 5.52 Å². The fraction of sp³-hybridized carbons (Fsp3) is 0.357. The number of ether oxygens (including phenoxy) is 1. The van der Waals surface area contributed by atoms with Crippen LogP contribution in [0.15, 0.2) is 24.4 Å². The normalized spacial score (nSPS) is 16.0. The summed E-state index contributed by atoms with van der Waals surface area (Å²) in [5, 5.41) is 14.5. The van der Waals surface area contributed by atoms with E-state index in [0.717, 1.165) is 18.9 Å². The molecule has 6 nitrogen and oxygen atoms in total. The molecule has 0 saturated carbocycles. The Labute approximate surface area is 120 Å². The summed E-state index contributed by atoms with van der Waals surface area (Å²) in [6.45, 7) is 1.25. The van der Waals surface area contributed by atoms with Crippen molar-refractivity contribution in [2.45, 2.75) is 18.9 Å². The van der Waals surface area contributed by atoms with Crippen LogP contribution in [-0.2, 0) is 4.74 Å². The third kappa shape index (κ3) is 2.64. The van der Waals surface area contributed by atoms with Crippen molar-refractivity contribution < 1.29 is 14.1 Å². The van der Waals surface area contributed by atoms with Crippen molar-refractivity contribution in [3.8, 4) is 0 Å². The zero-order valence-electron chi connectivity index (χ0n) is 11.2. The van der Waals surface area contributed by atoms with Gasteiger partial charge in [-0.25, -0.2) is 4.39 Å². The van der Waals surface area contributed by atoms with Gasteiger partial charge in [-0.1, -0.05) is 0 Å². The smallest absolute Gasteiger partial charge is 0.281 e. The van der Waals surface area contributed by atoms with Crippen LogP contribution in [0.25, 0.3) is 10.9 Å². The van der Waals surface area contributed by atoms with E-state index in [2.05, 4.69) is 10.3 Å². The number of non-ortho nitro benzene ring substituents is 1. The van der Waals surface area contributed by atoms with E-state index in [1.165, 1.54) is 6.20 Å². The van der Waals surface area contributed by atoms with Crippen LogP contribution in [-0.4, -0.2) is 29.2 Å². The number of nitro groups is 1. The standard InChI is InChI=1S/C14H14FN3O3/c15-11-8-12(18(19)20)10-2-1-5-16-13(10)14(11)17-9-3-6-21-7-4-9/h1-2,5,8-9,17H,3-4,6-7H2. The van der Waals surface area contributed by atoms with Crippen LogP contribution >= 0.6 is 0 Å². The molecule has 0 spiro atoms. The molecule has 110 valence electrons. The van der Waals surface area contributed by atoms with Crippen LogP contribution in [0.5, 0.6) is 0 Å². The Morgan fingerprint density at radius 2 is 2.19 bits per heavy atom. The van der Waals surface area contributed by atoms with Gasteiger partial charge in [-0.3, -0.25) is 15.1 Å². The Bertz CT molecular complexity index is 686. The zero-order chi connectivity index (χ0) is 14.8. The topological polar surface area (TPSA) is 77.3 Å². The van der Waals surface area contributed by atoms with Gasteiger partial charge >= 0.3 is 0 Å². The summed E-state index contributed by atoms with van der Waals surface area (Å²) in [6.07, 6.45) is 3.04. The van der Waals surface area contributed by atoms with Crippen molar-refractivity contribution in [3.63, 3.8) is 0 Å². The number of halogens is 1. The average Bonchev–Trinajstić information content (AvgIpc) is 2.50. The van der Waals surface area contributed by atoms with E-state index >= 15 is 0 Å². The van der Waals surface area contributed by atoms with Crippen LogP contribution in [0.2, 0.25) is 0 Å². The van der Waals surface area contributed by atoms with Gasteiger partial charge in [-0.15, -0.1) is 0 Å². The number of nitrogens with one attached hydrogen (secondary N) is 1. The van der Waals surface area contributed by atoms with Crippen molar-refractivity contribution in [1.29, 1.82) is 0 Å². The molecule has 0 amide bonds. The Hall–Kier alpha value is -2.28. The summed E-state index contributed by atoms with van der Waals surface area (Å²) in [5.41, 5.74) is 0.243. The monoisotopic (exact) mass is 291 g/mol. The van der Waals surface area contributed by atoms with Gasteiger partial charge in [0.15, 0.2) is 5.82 Å². The third-order valence-corrected chi connectivity index (χ3v) is 3.59. The lowest BCUT2D eigenvalue weighted by Gasteiger charge is -2.24. The summed E-state index contributed by atoms with van der Waals surface area (Å²) in [5.74, 6) is -0.653. The molecule has 1 aromatic carbocycles. The SMILES string of the molecule is O=[N+]([O-])c1cc(F)c(NC2CCOCC2)c2ncccc12. The minimum absolute atomic E-state index is 0.0833. The molecule has 0 unspecified atom stereocenters. The molecule has 7 heteroatoms. The summed E-state index contributed by atoms with van der Waals surface area (Å²) >= 11 is 0. The van der Waals surface area contributed by atoms with Crippen molar-refractivity contribution >= 4 is 22.3 Å². The highest BCUT2D eigenvalue weighted by Crippen LogP contribution is 2.33. The van der Waals surface area contributed by atoms with Crippen LogP contribution in [0.4, 0.5) is 15.8 Å². The minimum Gasteiger partial charge on any atom is -0.381 e. The maximum atomic E-state index is 14.3. The molecule has 21 heavy (non-hydrogen) atoms. The summed E-state index contributed by atoms with van der Waals surface area (Å²) in [6, 6.07) is 4.21. The molecule has 1 aromatic heterocycles. The highest BCUT2D eigenvalue weighted by atomic mass is 19.1. The van der Waals surface area contributed by atoms with Crippen LogP contribution in [0.3, 0.4) is 0 Å². The molecular weight excluding hydrogens is 277 g/mol. The number of hydrogen-bond acceptors (Lipinski definition) is 5. The first-order chi connectivity index (χ1) is 10.2. The van der Waals surface area contributed by atoms with E-state index in [0.29, 0.717) is 18.6 Å². The van der Waals surface area contributed by atoms with E-state index in [9.17, 15) is 14.5 Å². The molecule has 0 aliphatic carbocycles. The highest BCUT2D eigenvalue weighted by molar-refractivity contribution is 5.97. The Kier molecular flexibility index (Phi) is 3.66. The maximum Gasteiger partial charge on any atom is 0.281 e. The van der Waals surface area contributed by atoms with Gasteiger partial charge in [-0.2, -0.15) is 0 Å². The molecule has 1 fully saturated rings. The fourth-order valence-corrected chi connectivity index (χ4v) is 2.53. The molecule has 1 N–H and O–H groups in total. The van der Waals surface area contributed by atoms with E-state index in [1.54, 1.807) is 12.1 Å². The lowest BCUT2D eigenvalue weighted by Crippen LogP contribution is -2.28. The van der Waals surface area contributed by atoms with Crippen LogP contribution in [0, 0.1) is 15.9 Å². The molecule has 2 heterocycles. The lowest BCUT2D eigenvalue weighted by molar-refractivity contribution is -0.383. The van der Waals surface area contributed by atoms with Gasteiger partial charge < -0.3 is 10.1 Å². The van der Waals surface area contributed by atoms with Crippen molar-refractivity contribution in [1.82, 2.24) is 4.98 Å². The Morgan fingerprint density at radius 1 is 1.43 bits per heavy atom. The predicted octanol–water partition coefficient (Wildman–Crippen LogP) is 2.87. The number of hydrogen-bond donors (Lipinski definition) is 1. The Morgan fingerprint density at radius 3 is 2.90 bits per heavy atom. The second-order valence-electron chi connectivity index (χ2n) is 4.94. The van der Waals surface area contributed by atoms with E-state index in [-0.39, 0.29) is 22.9 Å². The van der Waals surface area contributed by atoms with Crippen LogP contribution < -0.4 is 5.32 Å². The molecule has 0 atom stereocenters. The summed E-state index contributed by atoms with van der Waals surface area (Å²) in [4.78, 5) is 14.6. The van der Waals surface area contributed by atoms with Crippen molar-refractivity contribution in [3.05, 3.63) is 40.3 Å². The van der Waals surface area contributed by atoms with Crippen molar-refractivity contribution in [2.24, 2.45) is 0 Å². The summed E-state index contributed by atoms with van der Waals surface area (Å²) in [7, 11) is 0. The molecular formula is C14H14FN3O3. The predicted molar refractivity (Wildman–Crippen MR) is 75.8 cm³/mol. The second kappa shape index (κ2) is 5.61. The second-order valence-corrected chi connectivity index (χ2v) is 4.94. The van der Waals surface area contributed by atoms with Gasteiger partial charge in [0.05, 0.1) is 22.1 Å². The van der Waals surface area contributed by atoms with Gasteiger partial charge in [-0.05, 0) is 25.0 Å². The third-order valence-electron chi connectivity index (χ3n) is 3.59. The molecule has 1 aliphatic rings. The highest BCUT2D eigenvalue weighted by Gasteiger charge is 2.22. The average molecular weight is 291 g/mol. The first-order valence-corrected chi connectivity index (χ1v) is 6.72. The number of anilines is 1. The molecule has 2 aromatic rings. The van der Waals surface area contributed by atoms with Crippen molar-refractivity contribution in [2.75, 3.05) is 18.5 Å². The Balaban J connectivity index is 2.07. The molecule has 1 saturated heterocycles. The number of nitro benzene ring substituents is 1. The lowest BCUT2D eigenvalue weighted by atomic mass is 10.1. The number of aromatic nitrogens is 1. The van der Waals surface area contributed by atoms with Gasteiger partial charge in [0.25, 0.3) is 5.69 Å². The molecule has 0 bridgehead atoms. The minimum atomic E-state index is -0.653. The van der Waals surface area contributed by atoms with Gasteiger partial charge in [0.2, 0.25) is 0 Å². The summed E-state index contributed by atoms with van der Waals surface area (Å²) < 4.78 is 19.5. The fourth-order valence-electron chi connectivity index (χ4n) is 2.53. The number of benzene rings is 1. The number of pyridine rings is 1. The van der Waals surface area contributed by atoms with E-state index in [1.807, 2.05) is 0 Å². The maximum absolute atomic E-state index is 14.3. The first kappa shape index (κ1) is 13.7. The van der Waals surface area contributed by atoms with E-state index < -0.39 is 10.7 Å². The molecule has 3 rings (SSSR count). The molecule has 0 radical (unpaired) electrons. The molecule has 1 aliphatic heterocycles. The first-order valence-electron chi connectivity index (χ1n) is 6.72. The quantitative estimate of drug-likeness (QED) is 0.695. The number of fused-ring (bicyclic) bond motifs is 1.